The number of carbonyl (C=O) groups is 1. The van der Waals surface area contributed by atoms with E-state index in [1.165, 1.54) is 6.92 Å². The van der Waals surface area contributed by atoms with Crippen molar-refractivity contribution in [2.45, 2.75) is 70.4 Å². The van der Waals surface area contributed by atoms with Crippen molar-refractivity contribution in [2.75, 3.05) is 0 Å². The van der Waals surface area contributed by atoms with E-state index in [9.17, 15) is 13.2 Å². The van der Waals surface area contributed by atoms with Crippen LogP contribution in [-0.2, 0) is 31.5 Å². The van der Waals surface area contributed by atoms with Gasteiger partial charge in [-0.05, 0) is 73.6 Å². The molecule has 7 nitrogen and oxygen atoms in total. The van der Waals surface area contributed by atoms with E-state index in [4.69, 9.17) is 13.7 Å². The average molecular weight is 535 g/mol. The Morgan fingerprint density at radius 3 is 2.68 bits per heavy atom. The molecule has 5 atom stereocenters. The first-order valence-electron chi connectivity index (χ1n) is 13.3. The minimum Gasteiger partial charge on any atom is -0.464 e. The van der Waals surface area contributed by atoms with Gasteiger partial charge < -0.3 is 13.7 Å². The van der Waals surface area contributed by atoms with E-state index in [0.29, 0.717) is 29.4 Å². The molecule has 7 rings (SSSR count). The number of fused-ring (bicyclic) bond motifs is 1. The summed E-state index contributed by atoms with van der Waals surface area (Å²) in [4.78, 5) is 11.8. The summed E-state index contributed by atoms with van der Waals surface area (Å²) in [6.07, 6.45) is 4.01. The third-order valence-electron chi connectivity index (χ3n) is 9.32. The number of carbonyl (C=O) groups excluding carboxylic acids is 1. The first-order valence-corrected chi connectivity index (χ1v) is 15.0. The summed E-state index contributed by atoms with van der Waals surface area (Å²) in [5.41, 5.74) is 2.40. The summed E-state index contributed by atoms with van der Waals surface area (Å²) < 4.78 is 48.8. The van der Waals surface area contributed by atoms with E-state index in [-0.39, 0.29) is 23.1 Å². The standard InChI is InChI=1S/C29H34BNO6S/c1-18(32)20-9-7-8-19(12-20)17-38(33,34)31-27(13-21-16-35-24-11-6-5-10-23(21)24)30-36-26-15-22-14-25(28(22,2)3)29(26,4)37-30/h5-12,16,22,25-27,31H,13-15,17H2,1-4H3/t22-,25-,26+,27-,29-/m0/s1. The Balaban J connectivity index is 1.29. The van der Waals surface area contributed by atoms with E-state index in [2.05, 4.69) is 25.5 Å². The zero-order chi connectivity index (χ0) is 26.9. The molecule has 0 radical (unpaired) electrons. The lowest BCUT2D eigenvalue weighted by Gasteiger charge is -2.64. The maximum absolute atomic E-state index is 13.5. The highest BCUT2D eigenvalue weighted by Gasteiger charge is 2.68. The second-order valence-corrected chi connectivity index (χ2v) is 13.8. The molecule has 1 aromatic heterocycles. The normalized spacial score (nSPS) is 28.6. The Morgan fingerprint density at radius 2 is 1.92 bits per heavy atom. The second-order valence-electron chi connectivity index (χ2n) is 12.0. The zero-order valence-electron chi connectivity index (χ0n) is 22.3. The molecule has 3 aliphatic carbocycles. The third-order valence-corrected chi connectivity index (χ3v) is 10.7. The third kappa shape index (κ3) is 4.33. The van der Waals surface area contributed by atoms with Crippen LogP contribution in [0, 0.1) is 17.3 Å². The topological polar surface area (TPSA) is 94.8 Å². The molecule has 9 heteroatoms. The summed E-state index contributed by atoms with van der Waals surface area (Å²) in [6, 6.07) is 14.5. The first kappa shape index (κ1) is 25.8. The molecule has 200 valence electrons. The Labute approximate surface area is 224 Å². The lowest BCUT2D eigenvalue weighted by Crippen LogP contribution is -2.65. The highest BCUT2D eigenvalue weighted by molar-refractivity contribution is 7.88. The summed E-state index contributed by atoms with van der Waals surface area (Å²) in [7, 11) is -4.53. The predicted molar refractivity (Wildman–Crippen MR) is 146 cm³/mol. The van der Waals surface area contributed by atoms with Crippen LogP contribution >= 0.6 is 0 Å². The minimum atomic E-state index is -3.80. The number of ketones is 1. The average Bonchev–Trinajstić information content (AvgIpc) is 3.43. The Morgan fingerprint density at radius 1 is 1.13 bits per heavy atom. The molecule has 3 saturated carbocycles. The quantitative estimate of drug-likeness (QED) is 0.325. The van der Waals surface area contributed by atoms with Crippen LogP contribution in [0.15, 0.2) is 59.2 Å². The maximum Gasteiger partial charge on any atom is 0.477 e. The van der Waals surface area contributed by atoms with E-state index in [0.717, 1.165) is 29.4 Å². The first-order chi connectivity index (χ1) is 18.0. The number of rotatable bonds is 8. The Kier molecular flexibility index (Phi) is 6.14. The second kappa shape index (κ2) is 9.05. The number of furan rings is 1. The maximum atomic E-state index is 13.5. The van der Waals surface area contributed by atoms with Crippen LogP contribution in [0.1, 0.15) is 62.0 Å². The van der Waals surface area contributed by atoms with Gasteiger partial charge in [0.1, 0.15) is 5.58 Å². The molecule has 4 fully saturated rings. The summed E-state index contributed by atoms with van der Waals surface area (Å²) >= 11 is 0. The number of nitrogens with one attached hydrogen (secondary N) is 1. The van der Waals surface area contributed by atoms with Crippen molar-refractivity contribution in [3.8, 4) is 0 Å². The van der Waals surface area contributed by atoms with Crippen LogP contribution in [0.2, 0.25) is 0 Å². The fourth-order valence-corrected chi connectivity index (χ4v) is 8.42. The van der Waals surface area contributed by atoms with E-state index >= 15 is 0 Å². The highest BCUT2D eigenvalue weighted by atomic mass is 32.2. The molecule has 0 unspecified atom stereocenters. The lowest BCUT2D eigenvalue weighted by molar-refractivity contribution is -0.199. The lowest BCUT2D eigenvalue weighted by atomic mass is 9.43. The zero-order valence-corrected chi connectivity index (χ0v) is 23.1. The van der Waals surface area contributed by atoms with Crippen molar-refractivity contribution in [2.24, 2.45) is 17.3 Å². The molecule has 38 heavy (non-hydrogen) atoms. The molecule has 2 heterocycles. The number of sulfonamides is 1. The number of hydrogen-bond donors (Lipinski definition) is 1. The molecule has 2 bridgehead atoms. The van der Waals surface area contributed by atoms with Crippen molar-refractivity contribution in [3.05, 3.63) is 71.5 Å². The van der Waals surface area contributed by atoms with Crippen LogP contribution < -0.4 is 4.72 Å². The van der Waals surface area contributed by atoms with Gasteiger partial charge in [0, 0.05) is 10.9 Å². The molecule has 0 spiro atoms. The van der Waals surface area contributed by atoms with E-state index < -0.39 is 28.7 Å². The van der Waals surface area contributed by atoms with Crippen LogP contribution in [0.5, 0.6) is 0 Å². The molecule has 0 amide bonds. The molecular formula is C29H34BNO6S. The van der Waals surface area contributed by atoms with Crippen LogP contribution in [0.3, 0.4) is 0 Å². The minimum absolute atomic E-state index is 0.0652. The van der Waals surface area contributed by atoms with Crippen molar-refractivity contribution < 1.29 is 26.9 Å². The van der Waals surface area contributed by atoms with Gasteiger partial charge in [0.05, 0.1) is 29.7 Å². The van der Waals surface area contributed by atoms with Gasteiger partial charge in [0.2, 0.25) is 10.0 Å². The monoisotopic (exact) mass is 535 g/mol. The van der Waals surface area contributed by atoms with Crippen LogP contribution in [0.4, 0.5) is 0 Å². The molecule has 1 saturated heterocycles. The number of benzene rings is 2. The largest absolute Gasteiger partial charge is 0.477 e. The smallest absolute Gasteiger partial charge is 0.464 e. The van der Waals surface area contributed by atoms with Crippen molar-refractivity contribution in [1.29, 1.82) is 0 Å². The van der Waals surface area contributed by atoms with Gasteiger partial charge >= 0.3 is 7.12 Å². The Bertz CT molecular complexity index is 1500. The van der Waals surface area contributed by atoms with Gasteiger partial charge in [0.25, 0.3) is 0 Å². The molecule has 1 N–H and O–H groups in total. The summed E-state index contributed by atoms with van der Waals surface area (Å²) in [6.45, 7) is 8.21. The number of hydrogen-bond acceptors (Lipinski definition) is 6. The molecular weight excluding hydrogens is 501 g/mol. The SMILES string of the molecule is CC(=O)c1cccc(CS(=O)(=O)N[C@@H](Cc2coc3ccccc23)B2O[C@@H]3C[C@@H]4C[C@@H](C4(C)C)[C@]3(C)O2)c1. The predicted octanol–water partition coefficient (Wildman–Crippen LogP) is 4.93. The highest BCUT2D eigenvalue weighted by Crippen LogP contribution is 2.65. The molecule has 2 aromatic carbocycles. The fourth-order valence-electron chi connectivity index (χ4n) is 7.06. The Hall–Kier alpha value is -2.46. The summed E-state index contributed by atoms with van der Waals surface area (Å²) in [5.74, 6) is -0.0480. The number of para-hydroxylation sites is 1. The van der Waals surface area contributed by atoms with Crippen molar-refractivity contribution in [3.63, 3.8) is 0 Å². The van der Waals surface area contributed by atoms with Gasteiger partial charge in [-0.25, -0.2) is 13.1 Å². The fraction of sp³-hybridized carbons (Fsp3) is 0.483. The van der Waals surface area contributed by atoms with E-state index in [1.54, 1.807) is 30.5 Å². The van der Waals surface area contributed by atoms with Crippen molar-refractivity contribution >= 4 is 33.9 Å². The number of Topliss-reactive ketones (excluding diaryl/α,β-unsaturated/α-hetero) is 1. The van der Waals surface area contributed by atoms with Gasteiger partial charge in [-0.2, -0.15) is 0 Å². The van der Waals surface area contributed by atoms with Gasteiger partial charge in [0.15, 0.2) is 5.78 Å². The van der Waals surface area contributed by atoms with E-state index in [1.807, 2.05) is 24.3 Å². The van der Waals surface area contributed by atoms with Crippen molar-refractivity contribution in [1.82, 2.24) is 4.72 Å². The molecule has 1 aliphatic heterocycles. The van der Waals surface area contributed by atoms with Crippen LogP contribution in [0.25, 0.3) is 11.0 Å². The van der Waals surface area contributed by atoms with Gasteiger partial charge in [-0.1, -0.05) is 50.2 Å². The van der Waals surface area contributed by atoms with Gasteiger partial charge in [-0.3, -0.25) is 4.79 Å². The molecule has 4 aliphatic rings. The van der Waals surface area contributed by atoms with Crippen LogP contribution in [-0.4, -0.2) is 39.0 Å². The van der Waals surface area contributed by atoms with Gasteiger partial charge in [-0.15, -0.1) is 0 Å². The molecule has 3 aromatic rings. The summed E-state index contributed by atoms with van der Waals surface area (Å²) in [5, 5.41) is 0.941.